The maximum absolute atomic E-state index is 13.0. The molecule has 118 valence electrons. The molecule has 8 heteroatoms. The van der Waals surface area contributed by atoms with E-state index in [1.165, 1.54) is 36.5 Å². The number of thiazole rings is 1. The summed E-state index contributed by atoms with van der Waals surface area (Å²) in [5.41, 5.74) is 0.0177. The number of urea groups is 1. The molecule has 4 nitrogen and oxygen atoms in total. The second kappa shape index (κ2) is 6.35. The Kier molecular flexibility index (Phi) is 4.70. The van der Waals surface area contributed by atoms with Gasteiger partial charge in [0.25, 0.3) is 0 Å². The highest BCUT2D eigenvalue weighted by atomic mass is 32.1. The minimum Gasteiger partial charge on any atom is -0.331 e. The Hall–Kier alpha value is -2.09. The minimum atomic E-state index is -4.46. The van der Waals surface area contributed by atoms with Crippen molar-refractivity contribution in [2.45, 2.75) is 26.1 Å². The molecule has 0 spiro atoms. The Labute approximate surface area is 129 Å². The van der Waals surface area contributed by atoms with Gasteiger partial charge in [-0.1, -0.05) is 18.2 Å². The predicted molar refractivity (Wildman–Crippen MR) is 78.9 cm³/mol. The first-order valence-electron chi connectivity index (χ1n) is 6.43. The first-order valence-corrected chi connectivity index (χ1v) is 7.31. The van der Waals surface area contributed by atoms with Crippen LogP contribution in [0.5, 0.6) is 0 Å². The van der Waals surface area contributed by atoms with Crippen LogP contribution < -0.4 is 10.6 Å². The lowest BCUT2D eigenvalue weighted by molar-refractivity contribution is -0.138. The Morgan fingerprint density at radius 1 is 1.32 bits per heavy atom. The maximum Gasteiger partial charge on any atom is 0.416 e. The molecule has 2 amide bonds. The van der Waals surface area contributed by atoms with Crippen molar-refractivity contribution in [3.63, 3.8) is 0 Å². The molecule has 22 heavy (non-hydrogen) atoms. The van der Waals surface area contributed by atoms with Crippen LogP contribution in [0, 0.1) is 6.92 Å². The third-order valence-corrected chi connectivity index (χ3v) is 3.80. The Morgan fingerprint density at radius 3 is 2.59 bits per heavy atom. The zero-order valence-electron chi connectivity index (χ0n) is 11.9. The van der Waals surface area contributed by atoms with Gasteiger partial charge in [0, 0.05) is 5.38 Å². The van der Waals surface area contributed by atoms with Crippen molar-refractivity contribution >= 4 is 22.5 Å². The highest BCUT2D eigenvalue weighted by Gasteiger charge is 2.34. The average Bonchev–Trinajstić information content (AvgIpc) is 2.82. The Morgan fingerprint density at radius 2 is 2.00 bits per heavy atom. The average molecular weight is 329 g/mol. The van der Waals surface area contributed by atoms with Gasteiger partial charge in [-0.3, -0.25) is 5.32 Å². The summed E-state index contributed by atoms with van der Waals surface area (Å²) >= 11 is 1.25. The second-order valence-corrected chi connectivity index (χ2v) is 5.56. The summed E-state index contributed by atoms with van der Waals surface area (Å²) in [7, 11) is 0. The van der Waals surface area contributed by atoms with Crippen LogP contribution in [0.15, 0.2) is 29.6 Å². The van der Waals surface area contributed by atoms with E-state index in [4.69, 9.17) is 0 Å². The summed E-state index contributed by atoms with van der Waals surface area (Å²) < 4.78 is 38.9. The van der Waals surface area contributed by atoms with Crippen LogP contribution in [-0.4, -0.2) is 11.0 Å². The molecule has 0 saturated carbocycles. The molecule has 1 unspecified atom stereocenters. The number of hydrogen-bond acceptors (Lipinski definition) is 3. The van der Waals surface area contributed by atoms with E-state index in [1.54, 1.807) is 12.3 Å². The number of nitrogens with zero attached hydrogens (tertiary/aromatic N) is 1. The molecule has 0 aliphatic heterocycles. The molecule has 1 aromatic carbocycles. The van der Waals surface area contributed by atoms with Gasteiger partial charge in [-0.25, -0.2) is 9.78 Å². The first kappa shape index (κ1) is 16.3. The highest BCUT2D eigenvalue weighted by molar-refractivity contribution is 7.13. The van der Waals surface area contributed by atoms with Gasteiger partial charge in [-0.05, 0) is 25.5 Å². The number of carbonyl (C=O) groups is 1. The fourth-order valence-electron chi connectivity index (χ4n) is 1.95. The SMILES string of the molecule is Cc1csc(NC(=O)NC(C)c2ccccc2C(F)(F)F)n1. The van der Waals surface area contributed by atoms with Crippen molar-refractivity contribution < 1.29 is 18.0 Å². The molecule has 1 aromatic heterocycles. The molecule has 2 N–H and O–H groups in total. The van der Waals surface area contributed by atoms with Gasteiger partial charge < -0.3 is 5.32 Å². The number of carbonyl (C=O) groups excluding carboxylic acids is 1. The molecule has 0 radical (unpaired) electrons. The van der Waals surface area contributed by atoms with Crippen LogP contribution >= 0.6 is 11.3 Å². The van der Waals surface area contributed by atoms with E-state index in [2.05, 4.69) is 15.6 Å². The van der Waals surface area contributed by atoms with Gasteiger partial charge in [-0.2, -0.15) is 13.2 Å². The number of rotatable bonds is 3. The van der Waals surface area contributed by atoms with E-state index >= 15 is 0 Å². The monoisotopic (exact) mass is 329 g/mol. The quantitative estimate of drug-likeness (QED) is 0.879. The maximum atomic E-state index is 13.0. The van der Waals surface area contributed by atoms with E-state index in [1.807, 2.05) is 0 Å². The van der Waals surface area contributed by atoms with Gasteiger partial charge in [-0.15, -0.1) is 11.3 Å². The number of halogens is 3. The van der Waals surface area contributed by atoms with E-state index < -0.39 is 23.8 Å². The summed E-state index contributed by atoms with van der Waals surface area (Å²) in [5.74, 6) is 0. The lowest BCUT2D eigenvalue weighted by atomic mass is 10.0. The number of nitrogens with one attached hydrogen (secondary N) is 2. The number of anilines is 1. The number of alkyl halides is 3. The van der Waals surface area contributed by atoms with Gasteiger partial charge >= 0.3 is 12.2 Å². The first-order chi connectivity index (χ1) is 10.3. The summed E-state index contributed by atoms with van der Waals surface area (Å²) in [6.07, 6.45) is -4.46. The van der Waals surface area contributed by atoms with E-state index in [0.717, 1.165) is 11.8 Å². The summed E-state index contributed by atoms with van der Waals surface area (Å²) in [6.45, 7) is 3.28. The zero-order valence-corrected chi connectivity index (χ0v) is 12.7. The summed E-state index contributed by atoms with van der Waals surface area (Å²) in [6, 6.07) is 3.77. The third kappa shape index (κ3) is 3.97. The molecule has 0 aliphatic rings. The predicted octanol–water partition coefficient (Wildman–Crippen LogP) is 4.35. The van der Waals surface area contributed by atoms with E-state index in [-0.39, 0.29) is 5.56 Å². The van der Waals surface area contributed by atoms with Gasteiger partial charge in [0.1, 0.15) is 0 Å². The molecule has 1 atom stereocenters. The molecule has 2 aromatic rings. The highest BCUT2D eigenvalue weighted by Crippen LogP contribution is 2.34. The largest absolute Gasteiger partial charge is 0.416 e. The van der Waals surface area contributed by atoms with Crippen molar-refractivity contribution in [3.05, 3.63) is 46.5 Å². The van der Waals surface area contributed by atoms with Crippen LogP contribution in [0.1, 0.15) is 29.8 Å². The van der Waals surface area contributed by atoms with Crippen LogP contribution in [0.25, 0.3) is 0 Å². The zero-order chi connectivity index (χ0) is 16.3. The number of hydrogen-bond donors (Lipinski definition) is 2. The van der Waals surface area contributed by atoms with Crippen LogP contribution in [-0.2, 0) is 6.18 Å². The topological polar surface area (TPSA) is 54.0 Å². The Bertz CT molecular complexity index is 669. The summed E-state index contributed by atoms with van der Waals surface area (Å²) in [4.78, 5) is 15.9. The van der Waals surface area contributed by atoms with Crippen LogP contribution in [0.2, 0.25) is 0 Å². The molecule has 0 bridgehead atoms. The van der Waals surface area contributed by atoms with Crippen molar-refractivity contribution in [1.29, 1.82) is 0 Å². The van der Waals surface area contributed by atoms with Crippen molar-refractivity contribution in [2.75, 3.05) is 5.32 Å². The molecular formula is C14H14F3N3OS. The van der Waals surface area contributed by atoms with Crippen molar-refractivity contribution in [3.8, 4) is 0 Å². The second-order valence-electron chi connectivity index (χ2n) is 4.70. The number of amides is 2. The lowest BCUT2D eigenvalue weighted by Gasteiger charge is -2.19. The number of aryl methyl sites for hydroxylation is 1. The van der Waals surface area contributed by atoms with Crippen molar-refractivity contribution in [2.24, 2.45) is 0 Å². The molecular weight excluding hydrogens is 315 g/mol. The molecule has 2 rings (SSSR count). The standard InChI is InChI=1S/C14H14F3N3OS/c1-8-7-22-13(18-8)20-12(21)19-9(2)10-5-3-4-6-11(10)14(15,16)17/h3-7,9H,1-2H3,(H2,18,19,20,21). The fourth-order valence-corrected chi connectivity index (χ4v) is 2.63. The van der Waals surface area contributed by atoms with E-state index in [9.17, 15) is 18.0 Å². The van der Waals surface area contributed by atoms with Gasteiger partial charge in [0.05, 0.1) is 17.3 Å². The van der Waals surface area contributed by atoms with Crippen molar-refractivity contribution in [1.82, 2.24) is 10.3 Å². The number of aromatic nitrogens is 1. The van der Waals surface area contributed by atoms with E-state index in [0.29, 0.717) is 5.13 Å². The minimum absolute atomic E-state index is 0.0143. The fraction of sp³-hybridized carbons (Fsp3) is 0.286. The Balaban J connectivity index is 2.09. The normalized spacial score (nSPS) is 12.8. The summed E-state index contributed by atoms with van der Waals surface area (Å²) in [5, 5.41) is 7.14. The smallest absolute Gasteiger partial charge is 0.331 e. The lowest BCUT2D eigenvalue weighted by Crippen LogP contribution is -2.32. The third-order valence-electron chi connectivity index (χ3n) is 2.92. The molecule has 0 fully saturated rings. The molecule has 1 heterocycles. The number of benzene rings is 1. The molecule has 0 aliphatic carbocycles. The van der Waals surface area contributed by atoms with Crippen LogP contribution in [0.3, 0.4) is 0 Å². The van der Waals surface area contributed by atoms with Gasteiger partial charge in [0.15, 0.2) is 5.13 Å². The van der Waals surface area contributed by atoms with Gasteiger partial charge in [0.2, 0.25) is 0 Å². The molecule has 0 saturated heterocycles. The van der Waals surface area contributed by atoms with Crippen LogP contribution in [0.4, 0.5) is 23.1 Å².